The smallest absolute Gasteiger partial charge is 0.267 e. The summed E-state index contributed by atoms with van der Waals surface area (Å²) in [6, 6.07) is 9.12. The van der Waals surface area contributed by atoms with Crippen molar-refractivity contribution in [1.82, 2.24) is 34.8 Å². The molecule has 0 amide bonds. The fourth-order valence-corrected chi connectivity index (χ4v) is 3.35. The van der Waals surface area contributed by atoms with Gasteiger partial charge in [-0.15, -0.1) is 10.2 Å². The van der Waals surface area contributed by atoms with Crippen molar-refractivity contribution < 1.29 is 0 Å². The van der Waals surface area contributed by atoms with Crippen molar-refractivity contribution >= 4 is 32.2 Å². The first-order valence-corrected chi connectivity index (χ1v) is 8.59. The molecule has 10 heteroatoms. The molecule has 0 radical (unpaired) electrons. The van der Waals surface area contributed by atoms with E-state index >= 15 is 0 Å². The number of tetrazole rings is 1. The van der Waals surface area contributed by atoms with Gasteiger partial charge in [0.05, 0.1) is 0 Å². The van der Waals surface area contributed by atoms with E-state index in [2.05, 4.69) is 41.4 Å². The zero-order chi connectivity index (χ0) is 16.7. The Morgan fingerprint density at radius 2 is 2.00 bits per heavy atom. The second kappa shape index (κ2) is 5.87. The molecule has 0 aliphatic rings. The van der Waals surface area contributed by atoms with E-state index in [1.54, 1.807) is 6.92 Å². The van der Waals surface area contributed by atoms with Gasteiger partial charge in [0.1, 0.15) is 11.6 Å². The monoisotopic (exact) mass is 403 g/mol. The molecule has 0 unspecified atom stereocenters. The molecule has 120 valence electrons. The minimum absolute atomic E-state index is 0.192. The molecule has 0 saturated heterocycles. The molecule has 8 nitrogen and oxygen atoms in total. The van der Waals surface area contributed by atoms with Gasteiger partial charge in [-0.25, -0.2) is 4.98 Å². The Bertz CT molecular complexity index is 1080. The van der Waals surface area contributed by atoms with Gasteiger partial charge in [-0.1, -0.05) is 27.3 Å². The first-order valence-electron chi connectivity index (χ1n) is 6.99. The lowest BCUT2D eigenvalue weighted by atomic mass is 10.2. The average molecular weight is 404 g/mol. The van der Waals surface area contributed by atoms with Crippen LogP contribution >= 0.6 is 27.3 Å². The zero-order valence-electron chi connectivity index (χ0n) is 12.4. The average Bonchev–Trinajstić information content (AvgIpc) is 3.15. The highest BCUT2D eigenvalue weighted by atomic mass is 79.9. The van der Waals surface area contributed by atoms with Crippen molar-refractivity contribution in [3.05, 3.63) is 55.9 Å². The van der Waals surface area contributed by atoms with Crippen molar-refractivity contribution in [3.63, 3.8) is 0 Å². The lowest BCUT2D eigenvalue weighted by Gasteiger charge is -1.94. The van der Waals surface area contributed by atoms with Gasteiger partial charge in [-0.3, -0.25) is 4.79 Å². The summed E-state index contributed by atoms with van der Waals surface area (Å²) in [7, 11) is 0. The number of hydrogen-bond acceptors (Lipinski definition) is 7. The van der Waals surface area contributed by atoms with Crippen molar-refractivity contribution in [2.24, 2.45) is 0 Å². The largest absolute Gasteiger partial charge is 0.275 e. The summed E-state index contributed by atoms with van der Waals surface area (Å²) in [5, 5.41) is 17.4. The van der Waals surface area contributed by atoms with Crippen LogP contribution in [0.1, 0.15) is 10.7 Å². The SMILES string of the molecule is Cc1cc(=O)n2nc(Cn3nnc(-c4ccc(Br)cc4)n3)sc2n1. The number of rotatable bonds is 3. The minimum atomic E-state index is -0.192. The Balaban J connectivity index is 1.63. The van der Waals surface area contributed by atoms with E-state index in [-0.39, 0.29) is 5.56 Å². The highest BCUT2D eigenvalue weighted by Crippen LogP contribution is 2.18. The summed E-state index contributed by atoms with van der Waals surface area (Å²) in [6.45, 7) is 2.11. The van der Waals surface area contributed by atoms with Crippen LogP contribution in [0.2, 0.25) is 0 Å². The van der Waals surface area contributed by atoms with Crippen LogP contribution in [0.25, 0.3) is 16.3 Å². The molecule has 4 rings (SSSR count). The van der Waals surface area contributed by atoms with Gasteiger partial charge in [-0.2, -0.15) is 14.4 Å². The van der Waals surface area contributed by atoms with Gasteiger partial charge in [-0.05, 0) is 36.4 Å². The van der Waals surface area contributed by atoms with Crippen LogP contribution in [-0.4, -0.2) is 34.8 Å². The molecule has 3 heterocycles. The zero-order valence-corrected chi connectivity index (χ0v) is 14.8. The molecule has 0 fully saturated rings. The summed E-state index contributed by atoms with van der Waals surface area (Å²) >= 11 is 4.73. The quantitative estimate of drug-likeness (QED) is 0.518. The summed E-state index contributed by atoms with van der Waals surface area (Å²) in [6.07, 6.45) is 0. The Hall–Kier alpha value is -2.46. The fraction of sp³-hybridized carbons (Fsp3) is 0.143. The van der Waals surface area contributed by atoms with E-state index in [1.807, 2.05) is 24.3 Å². The van der Waals surface area contributed by atoms with Crippen LogP contribution in [0.3, 0.4) is 0 Å². The maximum absolute atomic E-state index is 11.9. The highest BCUT2D eigenvalue weighted by molar-refractivity contribution is 9.10. The summed E-state index contributed by atoms with van der Waals surface area (Å²) < 4.78 is 2.28. The van der Waals surface area contributed by atoms with Crippen LogP contribution in [0.5, 0.6) is 0 Å². The van der Waals surface area contributed by atoms with Gasteiger partial charge >= 0.3 is 0 Å². The molecule has 4 aromatic rings. The Morgan fingerprint density at radius 3 is 2.79 bits per heavy atom. The van der Waals surface area contributed by atoms with Crippen molar-refractivity contribution in [1.29, 1.82) is 0 Å². The first-order chi connectivity index (χ1) is 11.6. The third-order valence-corrected chi connectivity index (χ3v) is 4.67. The minimum Gasteiger partial charge on any atom is -0.267 e. The van der Waals surface area contributed by atoms with Gasteiger partial charge in [0.15, 0.2) is 0 Å². The summed E-state index contributed by atoms with van der Waals surface area (Å²) in [4.78, 5) is 18.2. The van der Waals surface area contributed by atoms with E-state index in [9.17, 15) is 4.79 Å². The van der Waals surface area contributed by atoms with E-state index in [1.165, 1.54) is 26.7 Å². The van der Waals surface area contributed by atoms with E-state index in [4.69, 9.17) is 0 Å². The van der Waals surface area contributed by atoms with Gasteiger partial charge < -0.3 is 0 Å². The van der Waals surface area contributed by atoms with Gasteiger partial charge in [0, 0.05) is 21.8 Å². The second-order valence-corrected chi connectivity index (χ2v) is 7.03. The van der Waals surface area contributed by atoms with E-state index < -0.39 is 0 Å². The number of aryl methyl sites for hydroxylation is 1. The van der Waals surface area contributed by atoms with Crippen LogP contribution in [-0.2, 0) is 6.54 Å². The van der Waals surface area contributed by atoms with E-state index in [0.717, 1.165) is 10.0 Å². The molecular weight excluding hydrogens is 394 g/mol. The van der Waals surface area contributed by atoms with E-state index in [0.29, 0.717) is 28.0 Å². The number of hydrogen-bond donors (Lipinski definition) is 0. The summed E-state index contributed by atoms with van der Waals surface area (Å²) in [5.41, 5.74) is 1.36. The van der Waals surface area contributed by atoms with Crippen molar-refractivity contribution in [3.8, 4) is 11.4 Å². The fourth-order valence-electron chi connectivity index (χ4n) is 2.17. The topological polar surface area (TPSA) is 90.9 Å². The molecule has 0 N–H and O–H groups in total. The van der Waals surface area contributed by atoms with Crippen LogP contribution in [0.15, 0.2) is 39.6 Å². The Labute approximate surface area is 147 Å². The van der Waals surface area contributed by atoms with Crippen molar-refractivity contribution in [2.45, 2.75) is 13.5 Å². The summed E-state index contributed by atoms with van der Waals surface area (Å²) in [5.74, 6) is 0.537. The molecule has 1 aromatic carbocycles. The van der Waals surface area contributed by atoms with Crippen LogP contribution < -0.4 is 5.56 Å². The van der Waals surface area contributed by atoms with Crippen LogP contribution in [0.4, 0.5) is 0 Å². The predicted octanol–water partition coefficient (Wildman–Crippen LogP) is 1.92. The molecule has 0 bridgehead atoms. The lowest BCUT2D eigenvalue weighted by molar-refractivity contribution is 0.566. The van der Waals surface area contributed by atoms with Crippen LogP contribution in [0, 0.1) is 6.92 Å². The lowest BCUT2D eigenvalue weighted by Crippen LogP contribution is -2.14. The number of fused-ring (bicyclic) bond motifs is 1. The molecule has 0 aliphatic heterocycles. The molecule has 0 atom stereocenters. The molecular formula is C14H10BrN7OS. The Kier molecular flexibility index (Phi) is 3.69. The number of halogens is 1. The van der Waals surface area contributed by atoms with Crippen molar-refractivity contribution in [2.75, 3.05) is 0 Å². The molecule has 24 heavy (non-hydrogen) atoms. The normalized spacial score (nSPS) is 11.2. The molecule has 0 spiro atoms. The first kappa shape index (κ1) is 15.1. The number of aromatic nitrogens is 7. The predicted molar refractivity (Wildman–Crippen MR) is 91.9 cm³/mol. The maximum atomic E-state index is 11.9. The third-order valence-electron chi connectivity index (χ3n) is 3.25. The molecule has 3 aromatic heterocycles. The van der Waals surface area contributed by atoms with Gasteiger partial charge in [0.2, 0.25) is 10.8 Å². The number of benzene rings is 1. The standard InChI is InChI=1S/C14H10BrN7OS/c1-8-6-12(23)22-14(16-8)24-11(18-22)7-21-19-13(17-20-21)9-2-4-10(15)5-3-9/h2-6H,7H2,1H3. The number of nitrogens with zero attached hydrogens (tertiary/aromatic N) is 7. The highest BCUT2D eigenvalue weighted by Gasteiger charge is 2.11. The van der Waals surface area contributed by atoms with Gasteiger partial charge in [0.25, 0.3) is 5.56 Å². The Morgan fingerprint density at radius 1 is 1.21 bits per heavy atom. The molecule has 0 saturated carbocycles. The second-order valence-electron chi connectivity index (χ2n) is 5.08. The maximum Gasteiger partial charge on any atom is 0.275 e. The third kappa shape index (κ3) is 2.85. The molecule has 0 aliphatic carbocycles.